The van der Waals surface area contributed by atoms with Crippen molar-refractivity contribution in [2.75, 3.05) is 44.2 Å². The van der Waals surface area contributed by atoms with Gasteiger partial charge in [0.15, 0.2) is 0 Å². The van der Waals surface area contributed by atoms with Crippen LogP contribution in [-0.4, -0.2) is 61.0 Å². The van der Waals surface area contributed by atoms with E-state index in [0.29, 0.717) is 25.9 Å². The first-order valence-corrected chi connectivity index (χ1v) is 9.18. The molecule has 6 nitrogen and oxygen atoms in total. The topological polar surface area (TPSA) is 69.9 Å². The number of aryl methyl sites for hydroxylation is 1. The molecule has 7 heteroatoms. The van der Waals surface area contributed by atoms with Gasteiger partial charge in [-0.1, -0.05) is 17.7 Å². The van der Waals surface area contributed by atoms with Crippen LogP contribution in [0.3, 0.4) is 0 Å². The van der Waals surface area contributed by atoms with Crippen LogP contribution in [0.1, 0.15) is 18.4 Å². The molecule has 136 valence electrons. The largest absolute Gasteiger partial charge is 0.368 e. The third-order valence-electron chi connectivity index (χ3n) is 5.26. The SMILES string of the molecule is Cc1ccc(Cl)cc1N1CCN(C(=O)C2CCN(C(N)=O)CC2)CC1. The third-order valence-corrected chi connectivity index (χ3v) is 5.49. The lowest BCUT2D eigenvalue weighted by atomic mass is 9.95. The summed E-state index contributed by atoms with van der Waals surface area (Å²) in [6.45, 7) is 6.30. The zero-order valence-electron chi connectivity index (χ0n) is 14.6. The molecule has 0 aromatic heterocycles. The predicted molar refractivity (Wildman–Crippen MR) is 98.9 cm³/mol. The molecule has 0 unspecified atom stereocenters. The highest BCUT2D eigenvalue weighted by atomic mass is 35.5. The lowest BCUT2D eigenvalue weighted by molar-refractivity contribution is -0.137. The lowest BCUT2D eigenvalue weighted by Gasteiger charge is -2.39. The van der Waals surface area contributed by atoms with Crippen molar-refractivity contribution in [1.82, 2.24) is 9.80 Å². The summed E-state index contributed by atoms with van der Waals surface area (Å²) in [6, 6.07) is 5.53. The number of hydrogen-bond donors (Lipinski definition) is 1. The quantitative estimate of drug-likeness (QED) is 0.873. The Morgan fingerprint density at radius 1 is 1.04 bits per heavy atom. The number of piperidine rings is 1. The highest BCUT2D eigenvalue weighted by molar-refractivity contribution is 6.30. The number of nitrogens with zero attached hydrogens (tertiary/aromatic N) is 3. The average molecular weight is 365 g/mol. The molecule has 25 heavy (non-hydrogen) atoms. The standard InChI is InChI=1S/C18H25ClN4O2/c1-13-2-3-15(19)12-16(13)21-8-10-22(11-9-21)17(24)14-4-6-23(7-5-14)18(20)25/h2-3,12,14H,4-11H2,1H3,(H2,20,25). The maximum Gasteiger partial charge on any atom is 0.314 e. The van der Waals surface area contributed by atoms with E-state index in [1.54, 1.807) is 4.90 Å². The lowest BCUT2D eigenvalue weighted by Crippen LogP contribution is -2.52. The summed E-state index contributed by atoms with van der Waals surface area (Å²) in [5, 5.41) is 0.736. The van der Waals surface area contributed by atoms with E-state index in [9.17, 15) is 9.59 Å². The average Bonchev–Trinajstić information content (AvgIpc) is 2.63. The smallest absolute Gasteiger partial charge is 0.314 e. The molecule has 1 aromatic rings. The molecule has 0 spiro atoms. The molecule has 0 aliphatic carbocycles. The summed E-state index contributed by atoms with van der Waals surface area (Å²) in [6.07, 6.45) is 1.41. The first-order chi connectivity index (χ1) is 12.0. The number of rotatable bonds is 2. The number of carbonyl (C=O) groups is 2. The number of piperazine rings is 1. The Labute approximate surface area is 153 Å². The Morgan fingerprint density at radius 2 is 1.68 bits per heavy atom. The van der Waals surface area contributed by atoms with Gasteiger partial charge in [-0.25, -0.2) is 4.79 Å². The number of amides is 3. The van der Waals surface area contributed by atoms with Gasteiger partial charge >= 0.3 is 6.03 Å². The molecule has 2 heterocycles. The molecular weight excluding hydrogens is 340 g/mol. The van der Waals surface area contributed by atoms with Crippen LogP contribution in [0, 0.1) is 12.8 Å². The number of urea groups is 1. The number of likely N-dealkylation sites (tertiary alicyclic amines) is 1. The van der Waals surface area contributed by atoms with Crippen molar-refractivity contribution in [2.24, 2.45) is 11.7 Å². The van der Waals surface area contributed by atoms with Crippen molar-refractivity contribution < 1.29 is 9.59 Å². The molecular formula is C18H25ClN4O2. The number of halogens is 1. The number of nitrogens with two attached hydrogens (primary N) is 1. The van der Waals surface area contributed by atoms with E-state index in [4.69, 9.17) is 17.3 Å². The fraction of sp³-hybridized carbons (Fsp3) is 0.556. The Hall–Kier alpha value is -1.95. The fourth-order valence-electron chi connectivity index (χ4n) is 3.70. The molecule has 2 saturated heterocycles. The fourth-order valence-corrected chi connectivity index (χ4v) is 3.86. The minimum absolute atomic E-state index is 0.00931. The van der Waals surface area contributed by atoms with Crippen LogP contribution >= 0.6 is 11.6 Å². The maximum atomic E-state index is 12.7. The van der Waals surface area contributed by atoms with Crippen LogP contribution in [0.25, 0.3) is 0 Å². The van der Waals surface area contributed by atoms with E-state index in [0.717, 1.165) is 36.9 Å². The number of hydrogen-bond acceptors (Lipinski definition) is 3. The van der Waals surface area contributed by atoms with E-state index >= 15 is 0 Å². The van der Waals surface area contributed by atoms with Crippen LogP contribution < -0.4 is 10.6 Å². The second-order valence-electron chi connectivity index (χ2n) is 6.84. The van der Waals surface area contributed by atoms with Gasteiger partial charge in [0.05, 0.1) is 0 Å². The highest BCUT2D eigenvalue weighted by Gasteiger charge is 2.31. The Kier molecular flexibility index (Phi) is 5.37. The van der Waals surface area contributed by atoms with Gasteiger partial charge in [-0.2, -0.15) is 0 Å². The molecule has 2 N–H and O–H groups in total. The molecule has 3 rings (SSSR count). The molecule has 1 aromatic carbocycles. The summed E-state index contributed by atoms with van der Waals surface area (Å²) in [4.78, 5) is 29.8. The van der Waals surface area contributed by atoms with E-state index in [1.165, 1.54) is 5.56 Å². The zero-order valence-corrected chi connectivity index (χ0v) is 15.3. The van der Waals surface area contributed by atoms with Crippen molar-refractivity contribution in [1.29, 1.82) is 0 Å². The van der Waals surface area contributed by atoms with Gasteiger partial charge < -0.3 is 20.4 Å². The minimum Gasteiger partial charge on any atom is -0.368 e. The van der Waals surface area contributed by atoms with Crippen molar-refractivity contribution in [3.05, 3.63) is 28.8 Å². The Bertz CT molecular complexity index is 650. The summed E-state index contributed by atoms with van der Waals surface area (Å²) >= 11 is 6.12. The van der Waals surface area contributed by atoms with Crippen LogP contribution in [0.4, 0.5) is 10.5 Å². The van der Waals surface area contributed by atoms with Crippen LogP contribution in [0.2, 0.25) is 5.02 Å². The Morgan fingerprint density at radius 3 is 2.28 bits per heavy atom. The summed E-state index contributed by atoms with van der Waals surface area (Å²) < 4.78 is 0. The third kappa shape index (κ3) is 4.00. The van der Waals surface area contributed by atoms with Crippen LogP contribution in [0.5, 0.6) is 0 Å². The molecule has 0 saturated carbocycles. The second-order valence-corrected chi connectivity index (χ2v) is 7.28. The van der Waals surface area contributed by atoms with Crippen molar-refractivity contribution in [3.63, 3.8) is 0 Å². The van der Waals surface area contributed by atoms with Gasteiger partial charge in [0, 0.05) is 55.9 Å². The molecule has 0 radical (unpaired) electrons. The van der Waals surface area contributed by atoms with E-state index in [1.807, 2.05) is 23.1 Å². The van der Waals surface area contributed by atoms with Crippen molar-refractivity contribution in [3.8, 4) is 0 Å². The molecule has 2 aliphatic heterocycles. The molecule has 0 bridgehead atoms. The number of primary amides is 1. The van der Waals surface area contributed by atoms with Gasteiger partial charge in [-0.3, -0.25) is 4.79 Å². The summed E-state index contributed by atoms with van der Waals surface area (Å²) in [7, 11) is 0. The predicted octanol–water partition coefficient (Wildman–Crippen LogP) is 2.09. The van der Waals surface area contributed by atoms with Gasteiger partial charge in [0.1, 0.15) is 0 Å². The van der Waals surface area contributed by atoms with E-state index in [2.05, 4.69) is 11.8 Å². The maximum absolute atomic E-state index is 12.7. The normalized spacial score (nSPS) is 19.2. The first-order valence-electron chi connectivity index (χ1n) is 8.80. The van der Waals surface area contributed by atoms with E-state index in [-0.39, 0.29) is 11.8 Å². The summed E-state index contributed by atoms with van der Waals surface area (Å²) in [5.41, 5.74) is 7.65. The second kappa shape index (κ2) is 7.52. The molecule has 2 fully saturated rings. The number of anilines is 1. The van der Waals surface area contributed by atoms with Crippen LogP contribution in [-0.2, 0) is 4.79 Å². The zero-order chi connectivity index (χ0) is 18.0. The highest BCUT2D eigenvalue weighted by Crippen LogP contribution is 2.26. The van der Waals surface area contributed by atoms with Crippen LogP contribution in [0.15, 0.2) is 18.2 Å². The monoisotopic (exact) mass is 364 g/mol. The van der Waals surface area contributed by atoms with Crippen molar-refractivity contribution in [2.45, 2.75) is 19.8 Å². The molecule has 2 aliphatic rings. The molecule has 3 amide bonds. The van der Waals surface area contributed by atoms with Gasteiger partial charge in [0.25, 0.3) is 0 Å². The summed E-state index contributed by atoms with van der Waals surface area (Å²) in [5.74, 6) is 0.224. The first kappa shape index (κ1) is 17.9. The van der Waals surface area contributed by atoms with Crippen molar-refractivity contribution >= 4 is 29.2 Å². The Balaban J connectivity index is 1.54. The number of carbonyl (C=O) groups excluding carboxylic acids is 2. The molecule has 0 atom stereocenters. The van der Waals surface area contributed by atoms with Gasteiger partial charge in [-0.05, 0) is 37.5 Å². The van der Waals surface area contributed by atoms with E-state index < -0.39 is 6.03 Å². The minimum atomic E-state index is -0.392. The number of benzene rings is 1. The van der Waals surface area contributed by atoms with Gasteiger partial charge in [0.2, 0.25) is 5.91 Å². The van der Waals surface area contributed by atoms with Gasteiger partial charge in [-0.15, -0.1) is 0 Å².